The number of aryl methyl sites for hydroxylation is 2. The van der Waals surface area contributed by atoms with E-state index in [1.54, 1.807) is 7.11 Å². The van der Waals surface area contributed by atoms with E-state index in [0.29, 0.717) is 22.9 Å². The third kappa shape index (κ3) is 2.40. The summed E-state index contributed by atoms with van der Waals surface area (Å²) in [5.41, 5.74) is 8.76. The second kappa shape index (κ2) is 5.00. The first kappa shape index (κ1) is 12.3. The van der Waals surface area contributed by atoms with Crippen LogP contribution < -0.4 is 15.2 Å². The first-order valence-electron chi connectivity index (χ1n) is 5.79. The summed E-state index contributed by atoms with van der Waals surface area (Å²) in [6, 6.07) is 11.5. The van der Waals surface area contributed by atoms with Gasteiger partial charge in [0, 0.05) is 0 Å². The number of rotatable bonds is 3. The number of nitrogen functional groups attached to an aromatic ring is 1. The molecule has 0 saturated carbocycles. The van der Waals surface area contributed by atoms with Crippen LogP contribution in [0.4, 0.5) is 5.69 Å². The summed E-state index contributed by atoms with van der Waals surface area (Å²) in [5.74, 6) is 2.02. The quantitative estimate of drug-likeness (QED) is 0.836. The molecule has 2 aromatic carbocycles. The van der Waals surface area contributed by atoms with E-state index in [1.165, 1.54) is 0 Å². The van der Waals surface area contributed by atoms with Gasteiger partial charge in [0.2, 0.25) is 0 Å². The number of hydrogen-bond acceptors (Lipinski definition) is 3. The van der Waals surface area contributed by atoms with Crippen LogP contribution in [-0.2, 0) is 0 Å². The van der Waals surface area contributed by atoms with Gasteiger partial charge in [-0.2, -0.15) is 0 Å². The van der Waals surface area contributed by atoms with E-state index in [4.69, 9.17) is 15.2 Å². The Hall–Kier alpha value is -2.16. The van der Waals surface area contributed by atoms with Crippen molar-refractivity contribution in [2.24, 2.45) is 0 Å². The number of methoxy groups -OCH3 is 1. The van der Waals surface area contributed by atoms with Crippen LogP contribution in [0.25, 0.3) is 0 Å². The molecule has 0 heterocycles. The fourth-order valence-electron chi connectivity index (χ4n) is 1.72. The standard InChI is InChI=1S/C15H17NO2/c1-10-7-8-12(14(9-10)17-3)18-13-6-4-5-11(2)15(13)16/h4-9H,16H2,1-3H3. The minimum absolute atomic E-state index is 0.650. The van der Waals surface area contributed by atoms with Crippen molar-refractivity contribution in [1.82, 2.24) is 0 Å². The summed E-state index contributed by atoms with van der Waals surface area (Å²) in [4.78, 5) is 0. The molecule has 0 aliphatic rings. The maximum atomic E-state index is 5.99. The van der Waals surface area contributed by atoms with Crippen molar-refractivity contribution in [3.8, 4) is 17.2 Å². The van der Waals surface area contributed by atoms with Gasteiger partial charge in [-0.1, -0.05) is 18.2 Å². The van der Waals surface area contributed by atoms with Crippen LogP contribution in [0.1, 0.15) is 11.1 Å². The topological polar surface area (TPSA) is 44.5 Å². The third-order valence-corrected chi connectivity index (χ3v) is 2.82. The molecule has 0 bridgehead atoms. The van der Waals surface area contributed by atoms with Crippen LogP contribution in [0.3, 0.4) is 0 Å². The fourth-order valence-corrected chi connectivity index (χ4v) is 1.72. The Morgan fingerprint density at radius 1 is 0.944 bits per heavy atom. The Morgan fingerprint density at radius 3 is 2.44 bits per heavy atom. The van der Waals surface area contributed by atoms with Gasteiger partial charge in [0.25, 0.3) is 0 Å². The Labute approximate surface area is 107 Å². The third-order valence-electron chi connectivity index (χ3n) is 2.82. The molecule has 0 aromatic heterocycles. The molecule has 0 unspecified atom stereocenters. The van der Waals surface area contributed by atoms with Gasteiger partial charge >= 0.3 is 0 Å². The molecule has 0 saturated heterocycles. The number of ether oxygens (including phenoxy) is 2. The molecule has 0 radical (unpaired) electrons. The molecular formula is C15H17NO2. The summed E-state index contributed by atoms with van der Waals surface area (Å²) in [6.07, 6.45) is 0. The average molecular weight is 243 g/mol. The van der Waals surface area contributed by atoms with Crippen LogP contribution in [0.15, 0.2) is 36.4 Å². The van der Waals surface area contributed by atoms with Crippen molar-refractivity contribution in [3.63, 3.8) is 0 Å². The molecule has 0 fully saturated rings. The lowest BCUT2D eigenvalue weighted by Crippen LogP contribution is -1.96. The minimum atomic E-state index is 0.650. The lowest BCUT2D eigenvalue weighted by atomic mass is 10.2. The van der Waals surface area contributed by atoms with Gasteiger partial charge in [0.15, 0.2) is 17.2 Å². The second-order valence-corrected chi connectivity index (χ2v) is 4.24. The predicted molar refractivity (Wildman–Crippen MR) is 73.4 cm³/mol. The summed E-state index contributed by atoms with van der Waals surface area (Å²) in [5, 5.41) is 0. The van der Waals surface area contributed by atoms with Crippen molar-refractivity contribution >= 4 is 5.69 Å². The molecule has 0 spiro atoms. The summed E-state index contributed by atoms with van der Waals surface area (Å²) < 4.78 is 11.1. The highest BCUT2D eigenvalue weighted by Gasteiger charge is 2.08. The monoisotopic (exact) mass is 243 g/mol. The molecule has 0 atom stereocenters. The highest BCUT2D eigenvalue weighted by Crippen LogP contribution is 2.35. The van der Waals surface area contributed by atoms with Gasteiger partial charge in [-0.25, -0.2) is 0 Å². The Morgan fingerprint density at radius 2 is 1.72 bits per heavy atom. The maximum Gasteiger partial charge on any atom is 0.169 e. The van der Waals surface area contributed by atoms with Crippen molar-refractivity contribution in [1.29, 1.82) is 0 Å². The number of hydrogen-bond donors (Lipinski definition) is 1. The van der Waals surface area contributed by atoms with Crippen molar-refractivity contribution in [2.45, 2.75) is 13.8 Å². The highest BCUT2D eigenvalue weighted by atomic mass is 16.5. The zero-order valence-corrected chi connectivity index (χ0v) is 10.9. The molecule has 0 aliphatic heterocycles. The Bertz CT molecular complexity index is 564. The van der Waals surface area contributed by atoms with Gasteiger partial charge < -0.3 is 15.2 Å². The zero-order chi connectivity index (χ0) is 13.1. The van der Waals surface area contributed by atoms with E-state index < -0.39 is 0 Å². The fraction of sp³-hybridized carbons (Fsp3) is 0.200. The molecule has 2 aromatic rings. The van der Waals surface area contributed by atoms with E-state index in [9.17, 15) is 0 Å². The van der Waals surface area contributed by atoms with Crippen molar-refractivity contribution in [3.05, 3.63) is 47.5 Å². The molecule has 18 heavy (non-hydrogen) atoms. The van der Waals surface area contributed by atoms with Crippen LogP contribution in [-0.4, -0.2) is 7.11 Å². The number of anilines is 1. The van der Waals surface area contributed by atoms with E-state index in [2.05, 4.69) is 0 Å². The molecule has 2 N–H and O–H groups in total. The van der Waals surface area contributed by atoms with E-state index in [-0.39, 0.29) is 0 Å². The Balaban J connectivity index is 2.37. The second-order valence-electron chi connectivity index (χ2n) is 4.24. The van der Waals surface area contributed by atoms with Crippen LogP contribution in [0, 0.1) is 13.8 Å². The molecule has 0 aliphatic carbocycles. The first-order valence-corrected chi connectivity index (χ1v) is 5.79. The molecule has 3 nitrogen and oxygen atoms in total. The van der Waals surface area contributed by atoms with E-state index in [1.807, 2.05) is 50.2 Å². The largest absolute Gasteiger partial charge is 0.493 e. The summed E-state index contributed by atoms with van der Waals surface area (Å²) in [7, 11) is 1.63. The summed E-state index contributed by atoms with van der Waals surface area (Å²) in [6.45, 7) is 3.96. The number of nitrogens with two attached hydrogens (primary N) is 1. The molecule has 3 heteroatoms. The Kier molecular flexibility index (Phi) is 3.42. The van der Waals surface area contributed by atoms with Gasteiger partial charge in [-0.15, -0.1) is 0 Å². The summed E-state index contributed by atoms with van der Waals surface area (Å²) >= 11 is 0. The predicted octanol–water partition coefficient (Wildman–Crippen LogP) is 3.69. The number of para-hydroxylation sites is 1. The first-order chi connectivity index (χ1) is 8.61. The average Bonchev–Trinajstić information content (AvgIpc) is 2.37. The normalized spacial score (nSPS) is 10.2. The van der Waals surface area contributed by atoms with Crippen molar-refractivity contribution < 1.29 is 9.47 Å². The maximum absolute atomic E-state index is 5.99. The lowest BCUT2D eigenvalue weighted by Gasteiger charge is -2.13. The SMILES string of the molecule is COc1cc(C)ccc1Oc1cccc(C)c1N. The van der Waals surface area contributed by atoms with Gasteiger partial charge in [-0.3, -0.25) is 0 Å². The van der Waals surface area contributed by atoms with Gasteiger partial charge in [0.1, 0.15) is 0 Å². The highest BCUT2D eigenvalue weighted by molar-refractivity contribution is 5.60. The molecule has 0 amide bonds. The molecule has 2 rings (SSSR count). The number of benzene rings is 2. The van der Waals surface area contributed by atoms with Gasteiger partial charge in [0.05, 0.1) is 12.8 Å². The van der Waals surface area contributed by atoms with Crippen LogP contribution in [0.5, 0.6) is 17.2 Å². The molecular weight excluding hydrogens is 226 g/mol. The lowest BCUT2D eigenvalue weighted by molar-refractivity contribution is 0.379. The van der Waals surface area contributed by atoms with E-state index in [0.717, 1.165) is 11.1 Å². The van der Waals surface area contributed by atoms with Crippen molar-refractivity contribution in [2.75, 3.05) is 12.8 Å². The zero-order valence-electron chi connectivity index (χ0n) is 10.9. The van der Waals surface area contributed by atoms with Crippen LogP contribution in [0.2, 0.25) is 0 Å². The van der Waals surface area contributed by atoms with E-state index >= 15 is 0 Å². The van der Waals surface area contributed by atoms with Crippen LogP contribution >= 0.6 is 0 Å². The smallest absolute Gasteiger partial charge is 0.169 e. The molecule has 94 valence electrons. The minimum Gasteiger partial charge on any atom is -0.493 e. The van der Waals surface area contributed by atoms with Gasteiger partial charge in [-0.05, 0) is 43.2 Å².